The van der Waals surface area contributed by atoms with E-state index in [-0.39, 0.29) is 10.6 Å². The van der Waals surface area contributed by atoms with Gasteiger partial charge in [-0.25, -0.2) is 4.83 Å². The minimum atomic E-state index is -3.76. The number of benzene rings is 2. The predicted octanol–water partition coefficient (Wildman–Crippen LogP) is 3.56. The molecule has 0 spiro atoms. The van der Waals surface area contributed by atoms with Crippen LogP contribution >= 0.6 is 11.6 Å². The maximum atomic E-state index is 12.2. The van der Waals surface area contributed by atoms with Gasteiger partial charge in [0.15, 0.2) is 0 Å². The Labute approximate surface area is 147 Å². The number of aromatic hydroxyl groups is 1. The summed E-state index contributed by atoms with van der Waals surface area (Å²) in [6.45, 7) is 4.21. The van der Waals surface area contributed by atoms with Gasteiger partial charge in [-0.15, -0.1) is 0 Å². The van der Waals surface area contributed by atoms with E-state index < -0.39 is 10.0 Å². The molecule has 0 saturated heterocycles. The monoisotopic (exact) mass is 366 g/mol. The summed E-state index contributed by atoms with van der Waals surface area (Å²) in [6.07, 6.45) is 2.09. The third-order valence-electron chi connectivity index (χ3n) is 3.24. The number of hydrazone groups is 1. The van der Waals surface area contributed by atoms with Gasteiger partial charge in [0.2, 0.25) is 0 Å². The second-order valence-electron chi connectivity index (χ2n) is 5.80. The molecule has 2 aromatic rings. The molecule has 0 heterocycles. The molecule has 0 fully saturated rings. The summed E-state index contributed by atoms with van der Waals surface area (Å²) in [7, 11) is -3.76. The fourth-order valence-corrected chi connectivity index (χ4v) is 3.09. The highest BCUT2D eigenvalue weighted by Gasteiger charge is 2.12. The van der Waals surface area contributed by atoms with E-state index in [9.17, 15) is 13.5 Å². The van der Waals surface area contributed by atoms with Crippen LogP contribution in [0.2, 0.25) is 5.02 Å². The Morgan fingerprint density at radius 2 is 1.88 bits per heavy atom. The first-order valence-corrected chi connectivity index (χ1v) is 9.26. The van der Waals surface area contributed by atoms with Crippen LogP contribution in [0.5, 0.6) is 5.75 Å². The molecule has 0 unspecified atom stereocenters. The molecule has 2 aromatic carbocycles. The van der Waals surface area contributed by atoms with Crippen LogP contribution in [0.4, 0.5) is 0 Å². The Morgan fingerprint density at radius 1 is 1.21 bits per heavy atom. The van der Waals surface area contributed by atoms with E-state index in [0.717, 1.165) is 12.0 Å². The van der Waals surface area contributed by atoms with Crippen LogP contribution < -0.4 is 4.83 Å². The SMILES string of the molecule is CC(C)Cc1ccc(S(=O)(=O)N/N=C/c2cc(Cl)ccc2O)cc1. The van der Waals surface area contributed by atoms with Crippen molar-refractivity contribution in [1.82, 2.24) is 4.83 Å². The molecular weight excluding hydrogens is 348 g/mol. The molecule has 2 N–H and O–H groups in total. The normalized spacial score (nSPS) is 12.0. The van der Waals surface area contributed by atoms with E-state index in [1.54, 1.807) is 24.3 Å². The molecule has 128 valence electrons. The van der Waals surface area contributed by atoms with Crippen molar-refractivity contribution in [2.45, 2.75) is 25.2 Å². The average Bonchev–Trinajstić information content (AvgIpc) is 2.50. The highest BCUT2D eigenvalue weighted by atomic mass is 35.5. The van der Waals surface area contributed by atoms with Crippen LogP contribution in [0, 0.1) is 5.92 Å². The van der Waals surface area contributed by atoms with Crippen molar-refractivity contribution < 1.29 is 13.5 Å². The molecule has 24 heavy (non-hydrogen) atoms. The highest BCUT2D eigenvalue weighted by Crippen LogP contribution is 2.19. The van der Waals surface area contributed by atoms with Gasteiger partial charge in [-0.2, -0.15) is 13.5 Å². The van der Waals surface area contributed by atoms with Crippen LogP contribution in [0.15, 0.2) is 52.5 Å². The van der Waals surface area contributed by atoms with E-state index in [2.05, 4.69) is 23.8 Å². The first-order valence-electron chi connectivity index (χ1n) is 7.40. The third-order valence-corrected chi connectivity index (χ3v) is 4.72. The minimum absolute atomic E-state index is 0.0413. The summed E-state index contributed by atoms with van der Waals surface area (Å²) >= 11 is 5.82. The number of halogens is 1. The van der Waals surface area contributed by atoms with E-state index in [1.807, 2.05) is 0 Å². The lowest BCUT2D eigenvalue weighted by atomic mass is 10.0. The molecule has 2 rings (SSSR count). The molecule has 0 aliphatic heterocycles. The Bertz CT molecular complexity index is 831. The van der Waals surface area contributed by atoms with Gasteiger partial charge >= 0.3 is 0 Å². The standard InChI is InChI=1S/C17H19ClN2O3S/c1-12(2)9-13-3-6-16(7-4-13)24(22,23)20-19-11-14-10-15(18)5-8-17(14)21/h3-8,10-12,20-21H,9H2,1-2H3/b19-11+. The van der Waals surface area contributed by atoms with Crippen molar-refractivity contribution in [3.8, 4) is 5.75 Å². The number of nitrogens with zero attached hydrogens (tertiary/aromatic N) is 1. The van der Waals surface area contributed by atoms with Crippen LogP contribution in [0.1, 0.15) is 25.0 Å². The first-order chi connectivity index (χ1) is 11.3. The van der Waals surface area contributed by atoms with Gasteiger partial charge < -0.3 is 5.11 Å². The minimum Gasteiger partial charge on any atom is -0.507 e. The largest absolute Gasteiger partial charge is 0.507 e. The van der Waals surface area contributed by atoms with Crippen LogP contribution in [0.3, 0.4) is 0 Å². The lowest BCUT2D eigenvalue weighted by Gasteiger charge is -2.07. The van der Waals surface area contributed by atoms with Crippen LogP contribution in [-0.2, 0) is 16.4 Å². The first kappa shape index (κ1) is 18.3. The molecule has 0 bridgehead atoms. The van der Waals surface area contributed by atoms with Gasteiger partial charge in [-0.1, -0.05) is 37.6 Å². The Hall–Kier alpha value is -2.05. The highest BCUT2D eigenvalue weighted by molar-refractivity contribution is 7.89. The van der Waals surface area contributed by atoms with Gasteiger partial charge in [-0.05, 0) is 48.2 Å². The lowest BCUT2D eigenvalue weighted by Crippen LogP contribution is -2.18. The zero-order chi connectivity index (χ0) is 17.7. The van der Waals surface area contributed by atoms with Gasteiger partial charge in [0.1, 0.15) is 5.75 Å². The molecule has 0 saturated carbocycles. The summed E-state index contributed by atoms with van der Waals surface area (Å²) in [4.78, 5) is 2.25. The summed E-state index contributed by atoms with van der Waals surface area (Å²) in [5, 5.41) is 13.8. The van der Waals surface area contributed by atoms with Gasteiger partial charge in [0.05, 0.1) is 11.1 Å². The third kappa shape index (κ3) is 4.97. The predicted molar refractivity (Wildman–Crippen MR) is 96.0 cm³/mol. The van der Waals surface area contributed by atoms with E-state index in [0.29, 0.717) is 16.5 Å². The molecule has 7 heteroatoms. The quantitative estimate of drug-likeness (QED) is 0.606. The fraction of sp³-hybridized carbons (Fsp3) is 0.235. The summed E-state index contributed by atoms with van der Waals surface area (Å²) in [5.74, 6) is 0.459. The number of hydrogen-bond donors (Lipinski definition) is 2. The molecule has 0 radical (unpaired) electrons. The van der Waals surface area contributed by atoms with E-state index in [4.69, 9.17) is 11.6 Å². The van der Waals surface area contributed by atoms with Gasteiger partial charge in [0.25, 0.3) is 10.0 Å². The molecule has 0 aromatic heterocycles. The molecule has 5 nitrogen and oxygen atoms in total. The number of nitrogens with one attached hydrogen (secondary N) is 1. The van der Waals surface area contributed by atoms with E-state index >= 15 is 0 Å². The molecule has 0 aliphatic rings. The number of phenolic OH excluding ortho intramolecular Hbond substituents is 1. The van der Waals surface area contributed by atoms with Crippen molar-refractivity contribution in [3.63, 3.8) is 0 Å². The second kappa shape index (κ2) is 7.68. The second-order valence-corrected chi connectivity index (χ2v) is 7.90. The molecule has 0 aliphatic carbocycles. The van der Waals surface area contributed by atoms with Crippen molar-refractivity contribution in [2.75, 3.05) is 0 Å². The van der Waals surface area contributed by atoms with Crippen molar-refractivity contribution in [2.24, 2.45) is 11.0 Å². The molecular formula is C17H19ClN2O3S. The number of rotatable bonds is 6. The fourth-order valence-electron chi connectivity index (χ4n) is 2.12. The number of sulfonamides is 1. The smallest absolute Gasteiger partial charge is 0.276 e. The maximum absolute atomic E-state index is 12.2. The van der Waals surface area contributed by atoms with Gasteiger partial charge in [0, 0.05) is 10.6 Å². The summed E-state index contributed by atoms with van der Waals surface area (Å²) in [6, 6.07) is 11.1. The summed E-state index contributed by atoms with van der Waals surface area (Å²) < 4.78 is 24.4. The zero-order valence-electron chi connectivity index (χ0n) is 13.4. The summed E-state index contributed by atoms with van der Waals surface area (Å²) in [5.41, 5.74) is 1.40. The number of phenols is 1. The topological polar surface area (TPSA) is 78.8 Å². The lowest BCUT2D eigenvalue weighted by molar-refractivity contribution is 0.474. The van der Waals surface area contributed by atoms with Crippen LogP contribution in [0.25, 0.3) is 0 Å². The Kier molecular flexibility index (Phi) is 5.85. The molecule has 0 amide bonds. The van der Waals surface area contributed by atoms with Crippen molar-refractivity contribution >= 4 is 27.8 Å². The molecule has 0 atom stereocenters. The Morgan fingerprint density at radius 3 is 2.50 bits per heavy atom. The Balaban J connectivity index is 2.10. The van der Waals surface area contributed by atoms with Gasteiger partial charge in [-0.3, -0.25) is 0 Å². The van der Waals surface area contributed by atoms with Crippen molar-refractivity contribution in [1.29, 1.82) is 0 Å². The zero-order valence-corrected chi connectivity index (χ0v) is 15.0. The van der Waals surface area contributed by atoms with Crippen LogP contribution in [-0.4, -0.2) is 19.7 Å². The maximum Gasteiger partial charge on any atom is 0.276 e. The average molecular weight is 367 g/mol. The van der Waals surface area contributed by atoms with Crippen molar-refractivity contribution in [3.05, 3.63) is 58.6 Å². The van der Waals surface area contributed by atoms with E-state index in [1.165, 1.54) is 24.4 Å². The number of hydrogen-bond acceptors (Lipinski definition) is 4.